The number of benzene rings is 3. The molecule has 0 saturated carbocycles. The van der Waals surface area contributed by atoms with Gasteiger partial charge in [-0.3, -0.25) is 4.79 Å². The van der Waals surface area contributed by atoms with Crippen LogP contribution in [0, 0.1) is 6.92 Å². The molecule has 6 nitrogen and oxygen atoms in total. The van der Waals surface area contributed by atoms with Gasteiger partial charge < -0.3 is 19.4 Å². The van der Waals surface area contributed by atoms with E-state index in [1.165, 1.54) is 0 Å². The lowest BCUT2D eigenvalue weighted by molar-refractivity contribution is -0.123. The highest BCUT2D eigenvalue weighted by atomic mass is 35.5. The number of halogens is 1. The Kier molecular flexibility index (Phi) is 7.47. The molecule has 170 valence electrons. The first-order chi connectivity index (χ1) is 16.1. The van der Waals surface area contributed by atoms with Crippen LogP contribution in [0.15, 0.2) is 72.8 Å². The smallest absolute Gasteiger partial charge is 0.257 e. The first kappa shape index (κ1) is 22.7. The van der Waals surface area contributed by atoms with Crippen molar-refractivity contribution >= 4 is 28.5 Å². The van der Waals surface area contributed by atoms with Crippen LogP contribution in [0.2, 0.25) is 5.02 Å². The first-order valence-corrected chi connectivity index (χ1v) is 11.2. The van der Waals surface area contributed by atoms with Crippen LogP contribution in [-0.4, -0.2) is 35.2 Å². The number of carbonyl (C=O) groups is 1. The third-order valence-corrected chi connectivity index (χ3v) is 5.41. The Morgan fingerprint density at radius 2 is 1.82 bits per heavy atom. The average molecular weight is 464 g/mol. The third kappa shape index (κ3) is 6.26. The second-order valence-corrected chi connectivity index (χ2v) is 8.11. The van der Waals surface area contributed by atoms with Gasteiger partial charge in [0.05, 0.1) is 17.6 Å². The van der Waals surface area contributed by atoms with Crippen molar-refractivity contribution in [3.05, 3.63) is 89.2 Å². The first-order valence-electron chi connectivity index (χ1n) is 10.9. The van der Waals surface area contributed by atoms with E-state index < -0.39 is 0 Å². The molecule has 7 heteroatoms. The Morgan fingerprint density at radius 3 is 2.64 bits per heavy atom. The van der Waals surface area contributed by atoms with Gasteiger partial charge >= 0.3 is 0 Å². The second-order valence-electron chi connectivity index (χ2n) is 7.68. The number of rotatable bonds is 10. The molecule has 0 fully saturated rings. The molecule has 0 aliphatic carbocycles. The lowest BCUT2D eigenvalue weighted by Crippen LogP contribution is -2.31. The summed E-state index contributed by atoms with van der Waals surface area (Å²) in [6, 6.07) is 23.0. The zero-order chi connectivity index (χ0) is 23.0. The molecule has 0 atom stereocenters. The van der Waals surface area contributed by atoms with E-state index in [1.54, 1.807) is 24.3 Å². The SMILES string of the molecule is Cc1cccc(OCCn2c(CCNC(=O)COc3ccc(Cl)cc3)nc3ccccc32)c1. The number of ether oxygens (including phenoxy) is 2. The fourth-order valence-corrected chi connectivity index (χ4v) is 3.70. The van der Waals surface area contributed by atoms with Crippen molar-refractivity contribution in [3.63, 3.8) is 0 Å². The van der Waals surface area contributed by atoms with E-state index in [2.05, 4.69) is 16.0 Å². The molecular weight excluding hydrogens is 438 g/mol. The Morgan fingerprint density at radius 1 is 1.00 bits per heavy atom. The van der Waals surface area contributed by atoms with Gasteiger partial charge in [0.2, 0.25) is 0 Å². The second kappa shape index (κ2) is 10.9. The van der Waals surface area contributed by atoms with Crippen molar-refractivity contribution in [2.24, 2.45) is 0 Å². The van der Waals surface area contributed by atoms with Crippen LogP contribution in [0.4, 0.5) is 0 Å². The fraction of sp³-hybridized carbons (Fsp3) is 0.231. The predicted molar refractivity (Wildman–Crippen MR) is 130 cm³/mol. The molecule has 0 radical (unpaired) electrons. The Labute approximate surface area is 198 Å². The summed E-state index contributed by atoms with van der Waals surface area (Å²) in [6.45, 7) is 3.64. The Bertz CT molecular complexity index is 1220. The van der Waals surface area contributed by atoms with Gasteiger partial charge in [-0.1, -0.05) is 35.9 Å². The molecule has 0 aliphatic heterocycles. The van der Waals surface area contributed by atoms with Gasteiger partial charge in [-0.05, 0) is 61.0 Å². The van der Waals surface area contributed by atoms with Gasteiger partial charge in [0.15, 0.2) is 6.61 Å². The van der Waals surface area contributed by atoms with E-state index in [9.17, 15) is 4.79 Å². The van der Waals surface area contributed by atoms with Crippen LogP contribution >= 0.6 is 11.6 Å². The lowest BCUT2D eigenvalue weighted by atomic mass is 10.2. The van der Waals surface area contributed by atoms with Crippen molar-refractivity contribution in [2.75, 3.05) is 19.8 Å². The van der Waals surface area contributed by atoms with E-state index in [0.717, 1.165) is 28.2 Å². The van der Waals surface area contributed by atoms with Crippen molar-refractivity contribution < 1.29 is 14.3 Å². The molecule has 1 heterocycles. The summed E-state index contributed by atoms with van der Waals surface area (Å²) in [4.78, 5) is 16.9. The van der Waals surface area contributed by atoms with Crippen LogP contribution in [0.1, 0.15) is 11.4 Å². The molecule has 1 N–H and O–H groups in total. The molecule has 33 heavy (non-hydrogen) atoms. The largest absolute Gasteiger partial charge is 0.492 e. The van der Waals surface area contributed by atoms with E-state index in [-0.39, 0.29) is 12.5 Å². The zero-order valence-corrected chi connectivity index (χ0v) is 19.2. The maximum Gasteiger partial charge on any atom is 0.257 e. The van der Waals surface area contributed by atoms with Crippen LogP contribution in [-0.2, 0) is 17.8 Å². The number of para-hydroxylation sites is 2. The maximum atomic E-state index is 12.2. The predicted octanol–water partition coefficient (Wildman–Crippen LogP) is 4.81. The highest BCUT2D eigenvalue weighted by Gasteiger charge is 2.11. The molecule has 3 aromatic carbocycles. The molecule has 0 unspecified atom stereocenters. The van der Waals surface area contributed by atoms with E-state index >= 15 is 0 Å². The summed E-state index contributed by atoms with van der Waals surface area (Å²) < 4.78 is 13.6. The molecule has 4 aromatic rings. The molecule has 4 rings (SSSR count). The quantitative estimate of drug-likeness (QED) is 0.366. The molecule has 1 aromatic heterocycles. The molecule has 0 aliphatic rings. The van der Waals surface area contributed by atoms with Gasteiger partial charge in [0, 0.05) is 18.0 Å². The summed E-state index contributed by atoms with van der Waals surface area (Å²) in [7, 11) is 0. The highest BCUT2D eigenvalue weighted by molar-refractivity contribution is 6.30. The minimum Gasteiger partial charge on any atom is -0.492 e. The zero-order valence-electron chi connectivity index (χ0n) is 18.5. The molecular formula is C26H26ClN3O3. The Hall–Kier alpha value is -3.51. The molecule has 0 spiro atoms. The van der Waals surface area contributed by atoms with Crippen LogP contribution < -0.4 is 14.8 Å². The average Bonchev–Trinajstić information content (AvgIpc) is 3.16. The van der Waals surface area contributed by atoms with Crippen molar-refractivity contribution in [1.29, 1.82) is 0 Å². The van der Waals surface area contributed by atoms with Gasteiger partial charge in [-0.2, -0.15) is 0 Å². The van der Waals surface area contributed by atoms with Gasteiger partial charge in [-0.15, -0.1) is 0 Å². The van der Waals surface area contributed by atoms with E-state index in [1.807, 2.05) is 49.4 Å². The number of fused-ring (bicyclic) bond motifs is 1. The number of hydrogen-bond donors (Lipinski definition) is 1. The minimum absolute atomic E-state index is 0.0532. The highest BCUT2D eigenvalue weighted by Crippen LogP contribution is 2.18. The number of nitrogens with zero attached hydrogens (tertiary/aromatic N) is 2. The molecule has 0 saturated heterocycles. The van der Waals surface area contributed by atoms with Gasteiger partial charge in [-0.25, -0.2) is 4.98 Å². The standard InChI is InChI=1S/C26H26ClN3O3/c1-19-5-4-6-22(17-19)32-16-15-30-24-8-3-2-7-23(24)29-25(30)13-14-28-26(31)18-33-21-11-9-20(27)10-12-21/h2-12,17H,13-16,18H2,1H3,(H,28,31). The number of amides is 1. The Balaban J connectivity index is 1.32. The van der Waals surface area contributed by atoms with E-state index in [4.69, 9.17) is 26.1 Å². The van der Waals surface area contributed by atoms with Crippen LogP contribution in [0.5, 0.6) is 11.5 Å². The number of imidazole rings is 1. The monoisotopic (exact) mass is 463 g/mol. The van der Waals surface area contributed by atoms with E-state index in [0.29, 0.717) is 36.9 Å². The van der Waals surface area contributed by atoms with Gasteiger partial charge in [0.25, 0.3) is 5.91 Å². The topological polar surface area (TPSA) is 65.4 Å². The third-order valence-electron chi connectivity index (χ3n) is 5.16. The number of aryl methyl sites for hydroxylation is 1. The van der Waals surface area contributed by atoms with Crippen molar-refractivity contribution in [3.8, 4) is 11.5 Å². The van der Waals surface area contributed by atoms with Crippen molar-refractivity contribution in [1.82, 2.24) is 14.9 Å². The van der Waals surface area contributed by atoms with Gasteiger partial charge in [0.1, 0.15) is 23.9 Å². The molecule has 1 amide bonds. The number of aromatic nitrogens is 2. The molecule has 0 bridgehead atoms. The summed E-state index contributed by atoms with van der Waals surface area (Å²) >= 11 is 5.86. The van der Waals surface area contributed by atoms with Crippen LogP contribution in [0.3, 0.4) is 0 Å². The fourth-order valence-electron chi connectivity index (χ4n) is 3.57. The summed E-state index contributed by atoms with van der Waals surface area (Å²) in [6.07, 6.45) is 0.603. The van der Waals surface area contributed by atoms with Crippen LogP contribution in [0.25, 0.3) is 11.0 Å². The number of carbonyl (C=O) groups excluding carboxylic acids is 1. The summed E-state index contributed by atoms with van der Waals surface area (Å²) in [5, 5.41) is 3.52. The number of nitrogens with one attached hydrogen (secondary N) is 1. The summed E-state index contributed by atoms with van der Waals surface area (Å²) in [5.74, 6) is 2.18. The maximum absolute atomic E-state index is 12.2. The number of hydrogen-bond acceptors (Lipinski definition) is 4. The lowest BCUT2D eigenvalue weighted by Gasteiger charge is -2.12. The van der Waals surface area contributed by atoms with Crippen molar-refractivity contribution in [2.45, 2.75) is 19.9 Å². The normalized spacial score (nSPS) is 10.8. The minimum atomic E-state index is -0.185. The summed E-state index contributed by atoms with van der Waals surface area (Å²) in [5.41, 5.74) is 3.15.